The first-order valence-corrected chi connectivity index (χ1v) is 13.6. The summed E-state index contributed by atoms with van der Waals surface area (Å²) in [6.45, 7) is 0.619. The van der Waals surface area contributed by atoms with Crippen LogP contribution in [0.15, 0.2) is 66.7 Å². The molecule has 3 aromatic heterocycles. The van der Waals surface area contributed by atoms with Crippen molar-refractivity contribution >= 4 is 38.4 Å². The molecule has 39 heavy (non-hydrogen) atoms. The average molecular weight is 541 g/mol. The van der Waals surface area contributed by atoms with E-state index in [4.69, 9.17) is 4.98 Å². The van der Waals surface area contributed by atoms with Gasteiger partial charge >= 0.3 is 5.97 Å². The van der Waals surface area contributed by atoms with Crippen molar-refractivity contribution in [2.45, 2.75) is 38.6 Å². The molecule has 8 nitrogen and oxygen atoms in total. The second-order valence-corrected chi connectivity index (χ2v) is 10.5. The number of thiazole rings is 1. The lowest BCUT2D eigenvalue weighted by atomic mass is 9.99. The Bertz CT molecular complexity index is 1730. The number of benzene rings is 3. The van der Waals surface area contributed by atoms with Gasteiger partial charge in [0.25, 0.3) is 0 Å². The summed E-state index contributed by atoms with van der Waals surface area (Å²) in [5.74, 6) is -0.611. The number of para-hydroxylation sites is 1. The molecule has 0 saturated carbocycles. The van der Waals surface area contributed by atoms with Gasteiger partial charge in [0, 0.05) is 36.0 Å². The topological polar surface area (TPSA) is 110 Å². The average Bonchev–Trinajstić information content (AvgIpc) is 3.67. The van der Waals surface area contributed by atoms with E-state index in [0.29, 0.717) is 31.6 Å². The van der Waals surface area contributed by atoms with Gasteiger partial charge in [-0.05, 0) is 72.9 Å². The molecular formula is C29H25FN6O2S. The predicted octanol–water partition coefficient (Wildman–Crippen LogP) is 5.41. The van der Waals surface area contributed by atoms with Gasteiger partial charge in [0.1, 0.15) is 5.82 Å². The first kappa shape index (κ1) is 24.9. The Labute approximate surface area is 227 Å². The second-order valence-electron chi connectivity index (χ2n) is 9.39. The molecule has 0 bridgehead atoms. The highest BCUT2D eigenvalue weighted by atomic mass is 32.1. The number of nitrogens with zero attached hydrogens (tertiary/aromatic N) is 5. The molecule has 0 radical (unpaired) electrons. The fraction of sp³-hybridized carbons (Fsp3) is 0.207. The number of nitrogens with one attached hydrogen (secondary N) is 1. The first-order chi connectivity index (χ1) is 19.0. The lowest BCUT2D eigenvalue weighted by Crippen LogP contribution is -2.09. The zero-order valence-electron chi connectivity index (χ0n) is 21.0. The van der Waals surface area contributed by atoms with E-state index >= 15 is 0 Å². The number of tetrazole rings is 1. The molecule has 0 aliphatic carbocycles. The third kappa shape index (κ3) is 5.28. The minimum absolute atomic E-state index is 0.249. The molecule has 6 rings (SSSR count). The van der Waals surface area contributed by atoms with Crippen LogP contribution in [-0.2, 0) is 38.6 Å². The molecule has 0 spiro atoms. The lowest BCUT2D eigenvalue weighted by Gasteiger charge is -2.12. The molecule has 0 saturated heterocycles. The van der Waals surface area contributed by atoms with Gasteiger partial charge in [-0.3, -0.25) is 0 Å². The van der Waals surface area contributed by atoms with Crippen molar-refractivity contribution in [3.8, 4) is 0 Å². The summed E-state index contributed by atoms with van der Waals surface area (Å²) in [4.78, 5) is 16.7. The Morgan fingerprint density at radius 2 is 1.82 bits per heavy atom. The number of aromatic amines is 1. The van der Waals surface area contributed by atoms with E-state index in [1.807, 2.05) is 24.3 Å². The number of aromatic carboxylic acids is 1. The molecule has 3 heterocycles. The maximum atomic E-state index is 13.5. The Morgan fingerprint density at radius 1 is 0.974 bits per heavy atom. The van der Waals surface area contributed by atoms with E-state index in [-0.39, 0.29) is 11.4 Å². The molecule has 2 N–H and O–H groups in total. The fourth-order valence-corrected chi connectivity index (χ4v) is 6.07. The van der Waals surface area contributed by atoms with Crippen LogP contribution in [-0.4, -0.2) is 41.3 Å². The number of fused-ring (bicyclic) bond motifs is 2. The SMILES string of the molecule is O=C(O)c1ccc2c(c1)c(CCc1ccc(F)cc1)c(CCc1nc3ccccc3s1)n2CCc1nn[nH]n1. The monoisotopic (exact) mass is 540 g/mol. The van der Waals surface area contributed by atoms with E-state index in [0.717, 1.165) is 55.8 Å². The number of halogens is 1. The normalized spacial score (nSPS) is 11.5. The van der Waals surface area contributed by atoms with E-state index in [9.17, 15) is 14.3 Å². The molecule has 0 aliphatic heterocycles. The molecule has 0 amide bonds. The molecular weight excluding hydrogens is 515 g/mol. The number of carbonyl (C=O) groups is 1. The minimum Gasteiger partial charge on any atom is -0.478 e. The summed E-state index contributed by atoms with van der Waals surface area (Å²) in [6.07, 6.45) is 3.47. The molecule has 0 atom stereocenters. The summed E-state index contributed by atoms with van der Waals surface area (Å²) in [7, 11) is 0. The summed E-state index contributed by atoms with van der Waals surface area (Å²) in [5, 5.41) is 26.1. The predicted molar refractivity (Wildman–Crippen MR) is 148 cm³/mol. The Kier molecular flexibility index (Phi) is 6.85. The Hall–Kier alpha value is -4.44. The maximum Gasteiger partial charge on any atom is 0.335 e. The fourth-order valence-electron chi connectivity index (χ4n) is 5.10. The third-order valence-electron chi connectivity index (χ3n) is 6.97. The smallest absolute Gasteiger partial charge is 0.335 e. The van der Waals surface area contributed by atoms with Crippen LogP contribution in [0.25, 0.3) is 21.1 Å². The largest absolute Gasteiger partial charge is 0.478 e. The van der Waals surface area contributed by atoms with Gasteiger partial charge in [-0.2, -0.15) is 5.21 Å². The number of hydrogen-bond acceptors (Lipinski definition) is 6. The van der Waals surface area contributed by atoms with Crippen molar-refractivity contribution in [3.63, 3.8) is 0 Å². The maximum absolute atomic E-state index is 13.5. The summed E-state index contributed by atoms with van der Waals surface area (Å²) >= 11 is 1.70. The first-order valence-electron chi connectivity index (χ1n) is 12.7. The Morgan fingerprint density at radius 3 is 2.59 bits per heavy atom. The standard InChI is InChI=1S/C29H25FN6O2S/c30-20-9-5-18(6-10-20)7-11-21-22-17-19(29(37)38)8-12-25(22)36(16-15-27-32-34-35-33-27)24(21)13-14-28-31-23-3-1-2-4-26(23)39-28/h1-6,8-10,12,17H,7,11,13-16H2,(H,37,38)(H,32,33,34,35). The van der Waals surface area contributed by atoms with Crippen LogP contribution < -0.4 is 0 Å². The number of aryl methyl sites for hydroxylation is 5. The van der Waals surface area contributed by atoms with Crippen molar-refractivity contribution in [1.29, 1.82) is 0 Å². The van der Waals surface area contributed by atoms with Crippen LogP contribution in [0.5, 0.6) is 0 Å². The van der Waals surface area contributed by atoms with Gasteiger partial charge in [0.05, 0.1) is 20.8 Å². The number of aromatic nitrogens is 6. The van der Waals surface area contributed by atoms with Crippen LogP contribution in [0, 0.1) is 5.82 Å². The highest BCUT2D eigenvalue weighted by Crippen LogP contribution is 2.31. The molecule has 196 valence electrons. The van der Waals surface area contributed by atoms with E-state index in [1.54, 1.807) is 35.6 Å². The summed E-state index contributed by atoms with van der Waals surface area (Å²) < 4.78 is 16.9. The van der Waals surface area contributed by atoms with Crippen molar-refractivity contribution in [1.82, 2.24) is 30.2 Å². The van der Waals surface area contributed by atoms with Gasteiger partial charge in [-0.1, -0.05) is 29.5 Å². The minimum atomic E-state index is -0.961. The lowest BCUT2D eigenvalue weighted by molar-refractivity contribution is 0.0697. The van der Waals surface area contributed by atoms with Gasteiger partial charge in [-0.15, -0.1) is 21.5 Å². The number of carboxylic acids is 1. The van der Waals surface area contributed by atoms with Crippen LogP contribution in [0.1, 0.15) is 38.0 Å². The number of hydrogen-bond donors (Lipinski definition) is 2. The number of H-pyrrole nitrogens is 1. The molecule has 3 aromatic carbocycles. The quantitative estimate of drug-likeness (QED) is 0.240. The molecule has 6 aromatic rings. The van der Waals surface area contributed by atoms with Crippen LogP contribution in [0.3, 0.4) is 0 Å². The van der Waals surface area contributed by atoms with Gasteiger partial charge in [0.2, 0.25) is 0 Å². The van der Waals surface area contributed by atoms with E-state index in [2.05, 4.69) is 31.3 Å². The molecule has 0 fully saturated rings. The molecule has 10 heteroatoms. The zero-order chi connectivity index (χ0) is 26.8. The van der Waals surface area contributed by atoms with Crippen molar-refractivity contribution in [2.75, 3.05) is 0 Å². The van der Waals surface area contributed by atoms with Crippen molar-refractivity contribution < 1.29 is 14.3 Å². The molecule has 0 aliphatic rings. The zero-order valence-corrected chi connectivity index (χ0v) is 21.8. The van der Waals surface area contributed by atoms with Crippen LogP contribution in [0.4, 0.5) is 4.39 Å². The highest BCUT2D eigenvalue weighted by Gasteiger charge is 2.20. The van der Waals surface area contributed by atoms with Crippen LogP contribution in [0.2, 0.25) is 0 Å². The highest BCUT2D eigenvalue weighted by molar-refractivity contribution is 7.18. The van der Waals surface area contributed by atoms with Gasteiger partial charge in [-0.25, -0.2) is 14.2 Å². The van der Waals surface area contributed by atoms with Crippen molar-refractivity contribution in [3.05, 3.63) is 106 Å². The number of rotatable bonds is 10. The second kappa shape index (κ2) is 10.7. The van der Waals surface area contributed by atoms with E-state index < -0.39 is 5.97 Å². The third-order valence-corrected chi connectivity index (χ3v) is 8.07. The summed E-state index contributed by atoms with van der Waals surface area (Å²) in [6, 6.07) is 20.0. The van der Waals surface area contributed by atoms with E-state index in [1.165, 1.54) is 12.1 Å². The van der Waals surface area contributed by atoms with Crippen molar-refractivity contribution in [2.24, 2.45) is 0 Å². The number of carboxylic acid groups (broad SMARTS) is 1. The van der Waals surface area contributed by atoms with Gasteiger partial charge in [0.15, 0.2) is 5.82 Å². The molecule has 0 unspecified atom stereocenters. The summed E-state index contributed by atoms with van der Waals surface area (Å²) in [5.41, 5.74) is 5.48. The van der Waals surface area contributed by atoms with Crippen LogP contribution >= 0.6 is 11.3 Å². The van der Waals surface area contributed by atoms with Gasteiger partial charge < -0.3 is 9.67 Å². The Balaban J connectivity index is 1.41.